The minimum atomic E-state index is -1.12. The van der Waals surface area contributed by atoms with E-state index < -0.39 is 11.4 Å². The quantitative estimate of drug-likeness (QED) is 0.505. The number of aliphatic hydroxyl groups excluding tert-OH is 1. The Morgan fingerprint density at radius 2 is 1.89 bits per heavy atom. The molecule has 0 heterocycles. The van der Waals surface area contributed by atoms with Crippen LogP contribution in [0.4, 0.5) is 0 Å². The second-order valence-corrected chi connectivity index (χ2v) is 5.41. The Bertz CT molecular complexity index is 300. The number of hydrogen-bond acceptors (Lipinski definition) is 5. The van der Waals surface area contributed by atoms with Crippen LogP contribution in [0.2, 0.25) is 0 Å². The van der Waals surface area contributed by atoms with Gasteiger partial charge in [0.2, 0.25) is 0 Å². The lowest BCUT2D eigenvalue weighted by atomic mass is 9.87. The average molecular weight is 273 g/mol. The van der Waals surface area contributed by atoms with E-state index in [1.807, 2.05) is 18.7 Å². The van der Waals surface area contributed by atoms with Crippen molar-refractivity contribution in [3.63, 3.8) is 0 Å². The Kier molecular flexibility index (Phi) is 7.87. The number of aliphatic hydroxyl groups is 1. The summed E-state index contributed by atoms with van der Waals surface area (Å²) >= 11 is 0. The molecule has 0 amide bonds. The summed E-state index contributed by atoms with van der Waals surface area (Å²) in [6.07, 6.45) is 0.616. The largest absolute Gasteiger partial charge is 0.465 e. The van der Waals surface area contributed by atoms with Crippen LogP contribution < -0.4 is 0 Å². The normalized spacial score (nSPS) is 12.0. The molecule has 0 aliphatic heterocycles. The molecule has 5 heteroatoms. The van der Waals surface area contributed by atoms with Gasteiger partial charge in [0.05, 0.1) is 13.2 Å². The van der Waals surface area contributed by atoms with Crippen molar-refractivity contribution in [1.82, 2.24) is 4.90 Å². The second-order valence-electron chi connectivity index (χ2n) is 5.41. The van der Waals surface area contributed by atoms with Crippen LogP contribution >= 0.6 is 0 Å². The molecule has 19 heavy (non-hydrogen) atoms. The minimum absolute atomic E-state index is 0.0959. The Balaban J connectivity index is 4.65. The molecule has 0 bridgehead atoms. The Morgan fingerprint density at radius 3 is 2.32 bits per heavy atom. The minimum Gasteiger partial charge on any atom is -0.465 e. The third kappa shape index (κ3) is 5.70. The summed E-state index contributed by atoms with van der Waals surface area (Å²) < 4.78 is 4.93. The molecule has 0 fully saturated rings. The number of nitrogens with zero attached hydrogens (tertiary/aromatic N) is 1. The molecule has 0 spiro atoms. The van der Waals surface area contributed by atoms with Gasteiger partial charge in [-0.1, -0.05) is 0 Å². The van der Waals surface area contributed by atoms with E-state index in [0.717, 1.165) is 0 Å². The lowest BCUT2D eigenvalue weighted by molar-refractivity contribution is -0.158. The highest BCUT2D eigenvalue weighted by Gasteiger charge is 2.38. The highest BCUT2D eigenvalue weighted by atomic mass is 16.5. The van der Waals surface area contributed by atoms with Gasteiger partial charge in [-0.3, -0.25) is 14.5 Å². The van der Waals surface area contributed by atoms with Crippen molar-refractivity contribution in [1.29, 1.82) is 0 Å². The fourth-order valence-corrected chi connectivity index (χ4v) is 1.60. The average Bonchev–Trinajstić information content (AvgIpc) is 2.33. The maximum absolute atomic E-state index is 12.3. The van der Waals surface area contributed by atoms with Crippen molar-refractivity contribution in [3.05, 3.63) is 0 Å². The van der Waals surface area contributed by atoms with E-state index in [0.29, 0.717) is 13.0 Å². The first-order chi connectivity index (χ1) is 8.77. The summed E-state index contributed by atoms with van der Waals surface area (Å²) in [6.45, 7) is 10.1. The summed E-state index contributed by atoms with van der Waals surface area (Å²) in [4.78, 5) is 26.0. The van der Waals surface area contributed by atoms with Gasteiger partial charge in [0, 0.05) is 19.2 Å². The number of carbonyl (C=O) groups excluding carboxylic acids is 2. The fraction of sp³-hybridized carbons (Fsp3) is 0.857. The molecule has 0 unspecified atom stereocenters. The Hall–Kier alpha value is -0.940. The van der Waals surface area contributed by atoms with Crippen molar-refractivity contribution in [2.24, 2.45) is 5.41 Å². The zero-order valence-electron chi connectivity index (χ0n) is 12.7. The van der Waals surface area contributed by atoms with E-state index in [2.05, 4.69) is 0 Å². The highest BCUT2D eigenvalue weighted by molar-refractivity contribution is 6.03. The molecule has 0 saturated carbocycles. The molecule has 112 valence electrons. The molecule has 0 aromatic carbocycles. The van der Waals surface area contributed by atoms with Crippen LogP contribution in [-0.4, -0.2) is 54.1 Å². The van der Waals surface area contributed by atoms with Crippen LogP contribution in [0, 0.1) is 5.41 Å². The summed E-state index contributed by atoms with van der Waals surface area (Å²) in [5.74, 6) is -0.636. The molecule has 0 saturated heterocycles. The van der Waals surface area contributed by atoms with Crippen LogP contribution in [0.15, 0.2) is 0 Å². The number of carbonyl (C=O) groups is 2. The Labute approximate surface area is 115 Å². The molecule has 1 N–H and O–H groups in total. The molecule has 0 radical (unpaired) electrons. The van der Waals surface area contributed by atoms with Crippen molar-refractivity contribution in [2.75, 3.05) is 26.3 Å². The second kappa shape index (κ2) is 8.27. The number of ether oxygens (including phenoxy) is 1. The summed E-state index contributed by atoms with van der Waals surface area (Å²) in [7, 11) is 0. The first kappa shape index (κ1) is 18.1. The van der Waals surface area contributed by atoms with Crippen LogP contribution in [0.3, 0.4) is 0 Å². The molecule has 0 aromatic rings. The fourth-order valence-electron chi connectivity index (χ4n) is 1.60. The molecule has 0 aliphatic rings. The summed E-state index contributed by atoms with van der Waals surface area (Å²) in [5.41, 5.74) is -1.12. The first-order valence-corrected chi connectivity index (χ1v) is 6.82. The molecular formula is C14H27NO4. The van der Waals surface area contributed by atoms with E-state index in [4.69, 9.17) is 9.84 Å². The van der Waals surface area contributed by atoms with Crippen LogP contribution in [0.1, 0.15) is 41.0 Å². The Morgan fingerprint density at radius 1 is 1.32 bits per heavy atom. The number of hydrogen-bond donors (Lipinski definition) is 1. The van der Waals surface area contributed by atoms with Crippen LogP contribution in [-0.2, 0) is 14.3 Å². The van der Waals surface area contributed by atoms with Gasteiger partial charge < -0.3 is 9.84 Å². The predicted octanol–water partition coefficient (Wildman–Crippen LogP) is 1.24. The van der Waals surface area contributed by atoms with Gasteiger partial charge in [0.1, 0.15) is 5.41 Å². The van der Waals surface area contributed by atoms with E-state index in [-0.39, 0.29) is 31.6 Å². The van der Waals surface area contributed by atoms with Crippen molar-refractivity contribution in [3.8, 4) is 0 Å². The molecule has 0 aromatic heterocycles. The maximum atomic E-state index is 12.3. The van der Waals surface area contributed by atoms with Crippen molar-refractivity contribution >= 4 is 11.8 Å². The zero-order chi connectivity index (χ0) is 15.1. The van der Waals surface area contributed by atoms with Crippen LogP contribution in [0.5, 0.6) is 0 Å². The number of rotatable bonds is 9. The van der Waals surface area contributed by atoms with Gasteiger partial charge in [0.25, 0.3) is 0 Å². The first-order valence-electron chi connectivity index (χ1n) is 6.82. The standard InChI is InChI=1S/C14H27NO4/c1-6-19-13(18)14(4,5)12(17)10-15(11(2)3)8-7-9-16/h11,16H,6-10H2,1-5H3. The third-order valence-electron chi connectivity index (χ3n) is 3.16. The van der Waals surface area contributed by atoms with E-state index in [1.54, 1.807) is 20.8 Å². The van der Waals surface area contributed by atoms with Gasteiger partial charge in [-0.15, -0.1) is 0 Å². The summed E-state index contributed by atoms with van der Waals surface area (Å²) in [5, 5.41) is 8.86. The van der Waals surface area contributed by atoms with E-state index in [1.165, 1.54) is 0 Å². The van der Waals surface area contributed by atoms with Gasteiger partial charge in [-0.25, -0.2) is 0 Å². The van der Waals surface area contributed by atoms with Gasteiger partial charge in [-0.2, -0.15) is 0 Å². The van der Waals surface area contributed by atoms with Gasteiger partial charge in [-0.05, 0) is 41.0 Å². The van der Waals surface area contributed by atoms with E-state index >= 15 is 0 Å². The van der Waals surface area contributed by atoms with Crippen molar-refractivity contribution < 1.29 is 19.4 Å². The predicted molar refractivity (Wildman–Crippen MR) is 73.8 cm³/mol. The van der Waals surface area contributed by atoms with Crippen LogP contribution in [0.25, 0.3) is 0 Å². The molecule has 0 aliphatic carbocycles. The highest BCUT2D eigenvalue weighted by Crippen LogP contribution is 2.20. The van der Waals surface area contributed by atoms with E-state index in [9.17, 15) is 9.59 Å². The number of esters is 1. The van der Waals surface area contributed by atoms with Gasteiger partial charge >= 0.3 is 5.97 Å². The lowest BCUT2D eigenvalue weighted by Gasteiger charge is -2.29. The topological polar surface area (TPSA) is 66.8 Å². The van der Waals surface area contributed by atoms with Gasteiger partial charge in [0.15, 0.2) is 5.78 Å². The third-order valence-corrected chi connectivity index (χ3v) is 3.16. The molecule has 0 rings (SSSR count). The van der Waals surface area contributed by atoms with Crippen molar-refractivity contribution in [2.45, 2.75) is 47.1 Å². The number of ketones is 1. The maximum Gasteiger partial charge on any atom is 0.319 e. The molecule has 5 nitrogen and oxygen atoms in total. The smallest absolute Gasteiger partial charge is 0.319 e. The summed E-state index contributed by atoms with van der Waals surface area (Å²) in [6, 6.07) is 0.188. The lowest BCUT2D eigenvalue weighted by Crippen LogP contribution is -2.44. The number of Topliss-reactive ketones (excluding diaryl/α,β-unsaturated/α-hetero) is 1. The SMILES string of the molecule is CCOC(=O)C(C)(C)C(=O)CN(CCCO)C(C)C. The molecular weight excluding hydrogens is 246 g/mol. The molecule has 0 atom stereocenters. The zero-order valence-corrected chi connectivity index (χ0v) is 12.7. The monoisotopic (exact) mass is 273 g/mol.